The molecule has 1 atom stereocenters. The first-order valence-corrected chi connectivity index (χ1v) is 6.98. The van der Waals surface area contributed by atoms with Crippen molar-refractivity contribution in [2.24, 2.45) is 0 Å². The molecule has 0 bridgehead atoms. The Bertz CT molecular complexity index is 703. The summed E-state index contributed by atoms with van der Waals surface area (Å²) in [5.74, 6) is 0.358. The predicted octanol–water partition coefficient (Wildman–Crippen LogP) is 2.46. The molecule has 3 rings (SSSR count). The number of rotatable bonds is 4. The van der Waals surface area contributed by atoms with Gasteiger partial charge in [-0.05, 0) is 24.0 Å². The van der Waals surface area contributed by atoms with E-state index in [1.54, 1.807) is 16.7 Å². The summed E-state index contributed by atoms with van der Waals surface area (Å²) in [6, 6.07) is 3.59. The van der Waals surface area contributed by atoms with Crippen LogP contribution < -0.4 is 9.47 Å². The quantitative estimate of drug-likeness (QED) is 0.487. The van der Waals surface area contributed by atoms with E-state index in [1.807, 2.05) is 6.92 Å². The van der Waals surface area contributed by atoms with Gasteiger partial charge >= 0.3 is 11.8 Å². The maximum Gasteiger partial charge on any atom is 0.414 e. The van der Waals surface area contributed by atoms with Crippen LogP contribution in [-0.4, -0.2) is 31.7 Å². The average molecular weight is 325 g/mol. The number of nitrogens with zero attached hydrogens (tertiary/aromatic N) is 4. The van der Waals surface area contributed by atoms with Crippen molar-refractivity contribution < 1.29 is 14.4 Å². The highest BCUT2D eigenvalue weighted by molar-refractivity contribution is 6.29. The summed E-state index contributed by atoms with van der Waals surface area (Å²) in [5.41, 5.74) is -0.616. The van der Waals surface area contributed by atoms with E-state index in [4.69, 9.17) is 21.1 Å². The van der Waals surface area contributed by atoms with Crippen LogP contribution in [0.2, 0.25) is 5.15 Å². The number of fused-ring (bicyclic) bond motifs is 1. The minimum atomic E-state index is -0.616. The summed E-state index contributed by atoms with van der Waals surface area (Å²) >= 11 is 5.71. The second-order valence-corrected chi connectivity index (χ2v) is 5.63. The number of ether oxygens (including phenoxy) is 2. The number of aromatic nitrogens is 3. The van der Waals surface area contributed by atoms with Crippen molar-refractivity contribution in [2.45, 2.75) is 25.5 Å². The van der Waals surface area contributed by atoms with Crippen LogP contribution in [0, 0.1) is 10.1 Å². The van der Waals surface area contributed by atoms with Crippen molar-refractivity contribution in [3.63, 3.8) is 0 Å². The Labute approximate surface area is 130 Å². The lowest BCUT2D eigenvalue weighted by Crippen LogP contribution is -2.43. The molecule has 2 aromatic heterocycles. The normalized spacial score (nSPS) is 20.1. The summed E-state index contributed by atoms with van der Waals surface area (Å²) < 4.78 is 13.1. The number of halogens is 1. The van der Waals surface area contributed by atoms with Crippen molar-refractivity contribution in [3.8, 4) is 11.8 Å². The zero-order valence-electron chi connectivity index (χ0n) is 11.7. The molecule has 22 heavy (non-hydrogen) atoms. The van der Waals surface area contributed by atoms with Crippen molar-refractivity contribution in [1.29, 1.82) is 0 Å². The predicted molar refractivity (Wildman–Crippen MR) is 77.3 cm³/mol. The molecule has 0 aliphatic carbocycles. The van der Waals surface area contributed by atoms with Crippen LogP contribution in [0.1, 0.15) is 13.3 Å². The lowest BCUT2D eigenvalue weighted by molar-refractivity contribution is -0.389. The van der Waals surface area contributed by atoms with Gasteiger partial charge in [0.25, 0.3) is 0 Å². The topological polar surface area (TPSA) is 92.3 Å². The van der Waals surface area contributed by atoms with Gasteiger partial charge in [-0.25, -0.2) is 4.98 Å². The number of pyridine rings is 1. The molecule has 0 radical (unpaired) electrons. The summed E-state index contributed by atoms with van der Waals surface area (Å²) in [6.07, 6.45) is 3.55. The van der Waals surface area contributed by atoms with Gasteiger partial charge in [-0.15, -0.1) is 0 Å². The second kappa shape index (κ2) is 5.45. The first kappa shape index (κ1) is 14.6. The fourth-order valence-corrected chi connectivity index (χ4v) is 2.24. The zero-order valence-corrected chi connectivity index (χ0v) is 12.5. The zero-order chi connectivity index (χ0) is 15.7. The standard InChI is InChI=1S/C13H13ClN4O4/c1-13(8-21-9-2-3-10(14)15-6-9)4-5-17-7-11(18(19)20)16-12(17)22-13/h2-3,6-7H,4-5,8H2,1H3. The number of imidazole rings is 1. The van der Waals surface area contributed by atoms with Crippen molar-refractivity contribution in [2.75, 3.05) is 6.61 Å². The minimum absolute atomic E-state index is 0.220. The summed E-state index contributed by atoms with van der Waals surface area (Å²) in [6.45, 7) is 2.73. The van der Waals surface area contributed by atoms with Gasteiger partial charge in [-0.2, -0.15) is 0 Å². The average Bonchev–Trinajstić information content (AvgIpc) is 2.90. The van der Waals surface area contributed by atoms with Crippen LogP contribution in [0.5, 0.6) is 11.8 Å². The molecule has 116 valence electrons. The fraction of sp³-hybridized carbons (Fsp3) is 0.385. The van der Waals surface area contributed by atoms with Crippen LogP contribution in [-0.2, 0) is 6.54 Å². The van der Waals surface area contributed by atoms with Gasteiger partial charge in [-0.3, -0.25) is 4.57 Å². The Hall–Kier alpha value is -2.35. The highest BCUT2D eigenvalue weighted by atomic mass is 35.5. The van der Waals surface area contributed by atoms with Crippen molar-refractivity contribution in [3.05, 3.63) is 39.8 Å². The van der Waals surface area contributed by atoms with Crippen LogP contribution >= 0.6 is 11.6 Å². The Morgan fingerprint density at radius 1 is 1.59 bits per heavy atom. The third kappa shape index (κ3) is 2.96. The molecule has 0 saturated carbocycles. The van der Waals surface area contributed by atoms with E-state index in [0.29, 0.717) is 23.9 Å². The SMILES string of the molecule is CC1(COc2ccc(Cl)nc2)CCn2cc([N+](=O)[O-])nc2O1. The third-order valence-electron chi connectivity index (χ3n) is 3.38. The molecule has 0 amide bonds. The molecule has 8 nitrogen and oxygen atoms in total. The molecular formula is C13H13ClN4O4. The molecule has 0 fully saturated rings. The lowest BCUT2D eigenvalue weighted by Gasteiger charge is -2.32. The van der Waals surface area contributed by atoms with Crippen LogP contribution in [0.3, 0.4) is 0 Å². The molecule has 1 aliphatic rings. The number of hydrogen-bond donors (Lipinski definition) is 0. The first-order chi connectivity index (χ1) is 10.5. The highest BCUT2D eigenvalue weighted by Crippen LogP contribution is 2.30. The molecule has 0 aromatic carbocycles. The van der Waals surface area contributed by atoms with E-state index in [2.05, 4.69) is 9.97 Å². The van der Waals surface area contributed by atoms with Gasteiger partial charge in [-0.1, -0.05) is 11.6 Å². The van der Waals surface area contributed by atoms with E-state index in [1.165, 1.54) is 12.4 Å². The van der Waals surface area contributed by atoms with Gasteiger partial charge in [0, 0.05) is 17.9 Å². The van der Waals surface area contributed by atoms with E-state index in [0.717, 1.165) is 0 Å². The Morgan fingerprint density at radius 2 is 2.41 bits per heavy atom. The molecular weight excluding hydrogens is 312 g/mol. The summed E-state index contributed by atoms with van der Waals surface area (Å²) in [7, 11) is 0. The monoisotopic (exact) mass is 324 g/mol. The van der Waals surface area contributed by atoms with E-state index in [-0.39, 0.29) is 18.4 Å². The summed E-state index contributed by atoms with van der Waals surface area (Å²) in [4.78, 5) is 18.0. The molecule has 2 aromatic rings. The Morgan fingerprint density at radius 3 is 3.09 bits per heavy atom. The van der Waals surface area contributed by atoms with Crippen molar-refractivity contribution >= 4 is 17.4 Å². The third-order valence-corrected chi connectivity index (χ3v) is 3.60. The van der Waals surface area contributed by atoms with E-state index >= 15 is 0 Å². The van der Waals surface area contributed by atoms with E-state index in [9.17, 15) is 10.1 Å². The Balaban J connectivity index is 1.69. The maximum absolute atomic E-state index is 10.8. The highest BCUT2D eigenvalue weighted by Gasteiger charge is 2.37. The smallest absolute Gasteiger partial charge is 0.414 e. The van der Waals surface area contributed by atoms with Gasteiger partial charge in [0.05, 0.1) is 6.20 Å². The van der Waals surface area contributed by atoms with Crippen molar-refractivity contribution in [1.82, 2.24) is 14.5 Å². The molecule has 3 heterocycles. The van der Waals surface area contributed by atoms with Gasteiger partial charge < -0.3 is 19.6 Å². The Kier molecular flexibility index (Phi) is 3.61. The number of hydrogen-bond acceptors (Lipinski definition) is 6. The van der Waals surface area contributed by atoms with Crippen LogP contribution in [0.15, 0.2) is 24.5 Å². The maximum atomic E-state index is 10.8. The summed E-state index contributed by atoms with van der Waals surface area (Å²) in [5, 5.41) is 11.1. The lowest BCUT2D eigenvalue weighted by atomic mass is 10.0. The fourth-order valence-electron chi connectivity index (χ4n) is 2.13. The molecule has 9 heteroatoms. The molecule has 0 N–H and O–H groups in total. The second-order valence-electron chi connectivity index (χ2n) is 5.24. The number of aryl methyl sites for hydroxylation is 1. The van der Waals surface area contributed by atoms with Gasteiger partial charge in [0.1, 0.15) is 29.3 Å². The molecule has 1 aliphatic heterocycles. The van der Waals surface area contributed by atoms with Crippen LogP contribution in [0.4, 0.5) is 5.82 Å². The van der Waals surface area contributed by atoms with Gasteiger partial charge in [0.2, 0.25) is 0 Å². The minimum Gasteiger partial charge on any atom is -0.488 e. The number of nitro groups is 1. The van der Waals surface area contributed by atoms with Crippen LogP contribution in [0.25, 0.3) is 0 Å². The largest absolute Gasteiger partial charge is 0.488 e. The first-order valence-electron chi connectivity index (χ1n) is 6.60. The molecule has 1 unspecified atom stereocenters. The van der Waals surface area contributed by atoms with Gasteiger partial charge in [0.15, 0.2) is 0 Å². The van der Waals surface area contributed by atoms with E-state index < -0.39 is 10.5 Å². The molecule has 0 saturated heterocycles. The molecule has 0 spiro atoms.